The zero-order valence-corrected chi connectivity index (χ0v) is 9.83. The van der Waals surface area contributed by atoms with E-state index in [4.69, 9.17) is 10.5 Å². The summed E-state index contributed by atoms with van der Waals surface area (Å²) in [7, 11) is 0. The average Bonchev–Trinajstić information content (AvgIpc) is 2.93. The Morgan fingerprint density at radius 1 is 1.44 bits per heavy atom. The van der Waals surface area contributed by atoms with Gasteiger partial charge in [-0.1, -0.05) is 0 Å². The van der Waals surface area contributed by atoms with Crippen LogP contribution in [0, 0.1) is 10.1 Å². The molecule has 3 rings (SSSR count). The second-order valence-electron chi connectivity index (χ2n) is 4.89. The van der Waals surface area contributed by atoms with Crippen LogP contribution < -0.4 is 11.1 Å². The summed E-state index contributed by atoms with van der Waals surface area (Å²) in [5.74, 6) is 0. The number of hydrogen-bond acceptors (Lipinski definition) is 5. The van der Waals surface area contributed by atoms with Crippen molar-refractivity contribution in [1.82, 2.24) is 0 Å². The van der Waals surface area contributed by atoms with Crippen molar-refractivity contribution in [3.63, 3.8) is 0 Å². The van der Waals surface area contributed by atoms with E-state index in [2.05, 4.69) is 5.32 Å². The fourth-order valence-corrected chi connectivity index (χ4v) is 2.78. The van der Waals surface area contributed by atoms with Crippen molar-refractivity contribution in [3.8, 4) is 0 Å². The lowest BCUT2D eigenvalue weighted by molar-refractivity contribution is -0.384. The van der Waals surface area contributed by atoms with Crippen molar-refractivity contribution in [1.29, 1.82) is 0 Å². The maximum absolute atomic E-state index is 10.6. The molecule has 1 aromatic rings. The minimum absolute atomic E-state index is 0.0160. The molecule has 0 saturated carbocycles. The minimum atomic E-state index is -0.444. The number of fused-ring (bicyclic) bond motifs is 2. The molecular formula is C12H15N3O3. The second-order valence-corrected chi connectivity index (χ2v) is 4.89. The molecule has 0 radical (unpaired) electrons. The highest BCUT2D eigenvalue weighted by Gasteiger charge is 2.40. The maximum Gasteiger partial charge on any atom is 0.271 e. The largest absolute Gasteiger partial charge is 0.397 e. The summed E-state index contributed by atoms with van der Waals surface area (Å²) in [4.78, 5) is 10.2. The van der Waals surface area contributed by atoms with Crippen LogP contribution in [0.1, 0.15) is 19.3 Å². The van der Waals surface area contributed by atoms with E-state index >= 15 is 0 Å². The molecule has 2 aliphatic rings. The van der Waals surface area contributed by atoms with Crippen molar-refractivity contribution in [2.45, 2.75) is 37.5 Å². The summed E-state index contributed by atoms with van der Waals surface area (Å²) in [5, 5.41) is 14.0. The molecule has 0 aliphatic carbocycles. The number of anilines is 2. The van der Waals surface area contributed by atoms with Gasteiger partial charge in [-0.3, -0.25) is 10.1 Å². The molecule has 3 N–H and O–H groups in total. The number of rotatable bonds is 3. The van der Waals surface area contributed by atoms with Gasteiger partial charge in [0.05, 0.1) is 34.5 Å². The van der Waals surface area contributed by atoms with E-state index in [0.717, 1.165) is 24.9 Å². The molecule has 6 heteroatoms. The van der Waals surface area contributed by atoms with E-state index in [1.54, 1.807) is 6.07 Å². The number of benzene rings is 1. The Morgan fingerprint density at radius 3 is 2.83 bits per heavy atom. The summed E-state index contributed by atoms with van der Waals surface area (Å²) >= 11 is 0. The van der Waals surface area contributed by atoms with Gasteiger partial charge in [-0.05, 0) is 25.3 Å². The van der Waals surface area contributed by atoms with Crippen molar-refractivity contribution in [2.24, 2.45) is 0 Å². The van der Waals surface area contributed by atoms with Crippen LogP contribution in [-0.4, -0.2) is 23.2 Å². The molecule has 2 fully saturated rings. The van der Waals surface area contributed by atoms with Gasteiger partial charge in [0.1, 0.15) is 0 Å². The molecule has 0 aromatic heterocycles. The molecule has 2 heterocycles. The number of nitrogens with two attached hydrogens (primary N) is 1. The second kappa shape index (κ2) is 4.13. The van der Waals surface area contributed by atoms with Crippen molar-refractivity contribution in [2.75, 3.05) is 11.1 Å². The molecule has 3 atom stereocenters. The first kappa shape index (κ1) is 11.3. The van der Waals surface area contributed by atoms with Crippen LogP contribution in [0.5, 0.6) is 0 Å². The number of nitrogen functional groups attached to an aromatic ring is 1. The van der Waals surface area contributed by atoms with Crippen LogP contribution in [0.2, 0.25) is 0 Å². The standard InChI is InChI=1S/C12H15N3O3/c13-9-5-7(15(16)17)1-3-10(9)14-11-6-8-2-4-12(11)18-8/h1,3,5,8,11-12,14H,2,4,6,13H2. The number of hydrogen-bond donors (Lipinski definition) is 2. The van der Waals surface area contributed by atoms with Gasteiger partial charge < -0.3 is 15.8 Å². The number of nitrogens with one attached hydrogen (secondary N) is 1. The molecule has 3 unspecified atom stereocenters. The third-order valence-corrected chi connectivity index (χ3v) is 3.69. The Hall–Kier alpha value is -1.82. The fourth-order valence-electron chi connectivity index (χ4n) is 2.78. The van der Waals surface area contributed by atoms with Gasteiger partial charge in [-0.15, -0.1) is 0 Å². The predicted molar refractivity (Wildman–Crippen MR) is 67.4 cm³/mol. The van der Waals surface area contributed by atoms with Crippen LogP contribution in [-0.2, 0) is 4.74 Å². The lowest BCUT2D eigenvalue weighted by Gasteiger charge is -2.22. The van der Waals surface area contributed by atoms with Gasteiger partial charge in [0.2, 0.25) is 0 Å². The van der Waals surface area contributed by atoms with Crippen molar-refractivity contribution >= 4 is 17.1 Å². The van der Waals surface area contributed by atoms with Crippen molar-refractivity contribution < 1.29 is 9.66 Å². The third kappa shape index (κ3) is 1.88. The van der Waals surface area contributed by atoms with Gasteiger partial charge in [0.15, 0.2) is 0 Å². The fraction of sp³-hybridized carbons (Fsp3) is 0.500. The van der Waals surface area contributed by atoms with Crippen LogP contribution in [0.25, 0.3) is 0 Å². The zero-order valence-electron chi connectivity index (χ0n) is 9.83. The van der Waals surface area contributed by atoms with E-state index in [1.807, 2.05) is 0 Å². The SMILES string of the molecule is Nc1cc([N+](=O)[O-])ccc1NC1CC2CCC1O2. The van der Waals surface area contributed by atoms with E-state index in [0.29, 0.717) is 11.8 Å². The predicted octanol–water partition coefficient (Wildman–Crippen LogP) is 1.91. The molecule has 0 spiro atoms. The topological polar surface area (TPSA) is 90.4 Å². The van der Waals surface area contributed by atoms with E-state index in [9.17, 15) is 10.1 Å². The lowest BCUT2D eigenvalue weighted by Crippen LogP contribution is -2.30. The smallest absolute Gasteiger partial charge is 0.271 e. The number of non-ortho nitro benzene ring substituents is 1. The molecule has 0 amide bonds. The number of nitro groups is 1. The molecule has 2 bridgehead atoms. The summed E-state index contributed by atoms with van der Waals surface area (Å²) in [6, 6.07) is 4.79. The Morgan fingerprint density at radius 2 is 2.28 bits per heavy atom. The Labute approximate surface area is 104 Å². The van der Waals surface area contributed by atoms with Crippen LogP contribution in [0.3, 0.4) is 0 Å². The zero-order chi connectivity index (χ0) is 12.7. The van der Waals surface area contributed by atoms with E-state index in [1.165, 1.54) is 12.1 Å². The molecule has 6 nitrogen and oxygen atoms in total. The van der Waals surface area contributed by atoms with E-state index < -0.39 is 4.92 Å². The number of ether oxygens (including phenoxy) is 1. The van der Waals surface area contributed by atoms with Crippen molar-refractivity contribution in [3.05, 3.63) is 28.3 Å². The third-order valence-electron chi connectivity index (χ3n) is 3.69. The Bertz CT molecular complexity index is 491. The summed E-state index contributed by atoms with van der Waals surface area (Å²) in [6.07, 6.45) is 3.82. The first-order valence-corrected chi connectivity index (χ1v) is 6.09. The monoisotopic (exact) mass is 249 g/mol. The molecule has 2 aliphatic heterocycles. The Balaban J connectivity index is 1.75. The first-order valence-electron chi connectivity index (χ1n) is 6.09. The molecule has 1 aromatic carbocycles. The highest BCUT2D eigenvalue weighted by molar-refractivity contribution is 5.69. The highest BCUT2D eigenvalue weighted by atomic mass is 16.6. The molecule has 2 saturated heterocycles. The molecular weight excluding hydrogens is 234 g/mol. The van der Waals surface area contributed by atoms with Gasteiger partial charge in [-0.25, -0.2) is 0 Å². The molecule has 18 heavy (non-hydrogen) atoms. The normalized spacial score (nSPS) is 29.4. The first-order chi connectivity index (χ1) is 8.63. The molecule has 96 valence electrons. The van der Waals surface area contributed by atoms with Crippen LogP contribution in [0.15, 0.2) is 18.2 Å². The maximum atomic E-state index is 10.6. The van der Waals surface area contributed by atoms with Gasteiger partial charge in [0.25, 0.3) is 5.69 Å². The summed E-state index contributed by atoms with van der Waals surface area (Å²) in [5.41, 5.74) is 7.00. The van der Waals surface area contributed by atoms with Gasteiger partial charge in [-0.2, -0.15) is 0 Å². The van der Waals surface area contributed by atoms with Gasteiger partial charge in [0, 0.05) is 12.1 Å². The quantitative estimate of drug-likeness (QED) is 0.485. The summed E-state index contributed by atoms with van der Waals surface area (Å²) < 4.78 is 5.75. The lowest BCUT2D eigenvalue weighted by atomic mass is 9.95. The van der Waals surface area contributed by atoms with Crippen LogP contribution in [0.4, 0.5) is 17.1 Å². The summed E-state index contributed by atoms with van der Waals surface area (Å²) in [6.45, 7) is 0. The average molecular weight is 249 g/mol. The number of nitro benzene ring substituents is 1. The van der Waals surface area contributed by atoms with E-state index in [-0.39, 0.29) is 17.8 Å². The minimum Gasteiger partial charge on any atom is -0.397 e. The Kier molecular flexibility index (Phi) is 2.59. The van der Waals surface area contributed by atoms with Crippen LogP contribution >= 0.6 is 0 Å². The van der Waals surface area contributed by atoms with Gasteiger partial charge >= 0.3 is 0 Å². The number of nitrogens with zero attached hydrogens (tertiary/aromatic N) is 1. The highest BCUT2D eigenvalue weighted by Crippen LogP contribution is 2.37.